The molecule has 0 bridgehead atoms. The number of sulfone groups is 1. The quantitative estimate of drug-likeness (QED) is 0.647. The molecule has 2 saturated carbocycles. The number of benzene rings is 1. The number of amides is 1. The molecule has 3 fully saturated rings. The average Bonchev–Trinajstić information content (AvgIpc) is 3.30. The second kappa shape index (κ2) is 8.64. The van der Waals surface area contributed by atoms with Crippen molar-refractivity contribution in [2.75, 3.05) is 25.2 Å². The molecule has 1 unspecified atom stereocenters. The molecule has 2 aliphatic carbocycles. The number of carbonyl (C=O) groups excluding carboxylic acids is 1. The summed E-state index contributed by atoms with van der Waals surface area (Å²) in [6.07, 6.45) is 7.12. The van der Waals surface area contributed by atoms with E-state index in [1.165, 1.54) is 5.56 Å². The first-order valence-corrected chi connectivity index (χ1v) is 12.7. The van der Waals surface area contributed by atoms with Crippen LogP contribution in [0, 0.1) is 0 Å². The van der Waals surface area contributed by atoms with Gasteiger partial charge in [-0.15, -0.1) is 0 Å². The van der Waals surface area contributed by atoms with Crippen molar-refractivity contribution >= 4 is 15.7 Å². The maximum atomic E-state index is 13.4. The van der Waals surface area contributed by atoms with Crippen molar-refractivity contribution in [2.45, 2.75) is 69.6 Å². The van der Waals surface area contributed by atoms with E-state index in [1.807, 2.05) is 17.0 Å². The summed E-state index contributed by atoms with van der Waals surface area (Å²) in [5, 5.41) is 0. The van der Waals surface area contributed by atoms with Gasteiger partial charge in [-0.25, -0.2) is 8.42 Å². The fraction of sp³-hybridized carbons (Fsp3) is 0.682. The molecule has 1 heterocycles. The highest BCUT2D eigenvalue weighted by atomic mass is 32.2. The summed E-state index contributed by atoms with van der Waals surface area (Å²) in [4.78, 5) is 17.7. The largest absolute Gasteiger partial charge is 0.497 e. The van der Waals surface area contributed by atoms with E-state index in [-0.39, 0.29) is 29.5 Å². The van der Waals surface area contributed by atoms with Gasteiger partial charge >= 0.3 is 0 Å². The van der Waals surface area contributed by atoms with E-state index in [1.54, 1.807) is 7.11 Å². The highest BCUT2D eigenvalue weighted by Gasteiger charge is 2.40. The van der Waals surface area contributed by atoms with E-state index in [0.717, 1.165) is 50.8 Å². The zero-order valence-corrected chi connectivity index (χ0v) is 18.1. The van der Waals surface area contributed by atoms with Gasteiger partial charge in [0.15, 0.2) is 9.84 Å². The Morgan fingerprint density at radius 2 is 1.69 bits per heavy atom. The van der Waals surface area contributed by atoms with E-state index < -0.39 is 9.84 Å². The van der Waals surface area contributed by atoms with Gasteiger partial charge in [0.25, 0.3) is 0 Å². The SMILES string of the molecule is COc1ccc(CN(CC(=O)N(C2CCCC2)C2CCS(=O)(=O)C2)C2CC2)cc1. The number of ether oxygens (including phenoxy) is 1. The predicted octanol–water partition coefficient (Wildman–Crippen LogP) is 2.62. The van der Waals surface area contributed by atoms with Crippen molar-refractivity contribution in [1.29, 1.82) is 0 Å². The first-order valence-electron chi connectivity index (χ1n) is 10.8. The molecule has 1 amide bonds. The second-order valence-corrected chi connectivity index (χ2v) is 11.0. The molecule has 6 nitrogen and oxygen atoms in total. The van der Waals surface area contributed by atoms with Gasteiger partial charge in [0.05, 0.1) is 25.2 Å². The van der Waals surface area contributed by atoms with Gasteiger partial charge in [0.1, 0.15) is 5.75 Å². The number of carbonyl (C=O) groups is 1. The van der Waals surface area contributed by atoms with Crippen molar-refractivity contribution in [3.8, 4) is 5.75 Å². The Kier molecular flexibility index (Phi) is 6.16. The summed E-state index contributed by atoms with van der Waals surface area (Å²) in [6.45, 7) is 1.12. The van der Waals surface area contributed by atoms with Gasteiger partial charge in [-0.05, 0) is 49.8 Å². The molecule has 0 spiro atoms. The molecule has 0 radical (unpaired) electrons. The van der Waals surface area contributed by atoms with Gasteiger partial charge in [-0.2, -0.15) is 0 Å². The predicted molar refractivity (Wildman–Crippen MR) is 113 cm³/mol. The van der Waals surface area contributed by atoms with E-state index in [2.05, 4.69) is 17.0 Å². The summed E-state index contributed by atoms with van der Waals surface area (Å²) in [5.41, 5.74) is 1.17. The Morgan fingerprint density at radius 3 is 2.24 bits per heavy atom. The number of nitrogens with zero attached hydrogens (tertiary/aromatic N) is 2. The maximum Gasteiger partial charge on any atom is 0.237 e. The van der Waals surface area contributed by atoms with Gasteiger partial charge < -0.3 is 9.64 Å². The second-order valence-electron chi connectivity index (χ2n) is 8.78. The summed E-state index contributed by atoms with van der Waals surface area (Å²) >= 11 is 0. The number of hydrogen-bond donors (Lipinski definition) is 0. The van der Waals surface area contributed by atoms with Crippen LogP contribution in [0.3, 0.4) is 0 Å². The Hall–Kier alpha value is -1.60. The molecular formula is C22H32N2O4S. The normalized spacial score (nSPS) is 24.1. The molecule has 1 aromatic carbocycles. The molecule has 1 aliphatic heterocycles. The van der Waals surface area contributed by atoms with Crippen molar-refractivity contribution in [2.24, 2.45) is 0 Å². The van der Waals surface area contributed by atoms with Gasteiger partial charge in [-0.1, -0.05) is 25.0 Å². The molecule has 3 aliphatic rings. The van der Waals surface area contributed by atoms with Crippen LogP contribution in [0.15, 0.2) is 24.3 Å². The zero-order valence-electron chi connectivity index (χ0n) is 17.3. The molecule has 0 aromatic heterocycles. The third kappa shape index (κ3) is 5.12. The number of methoxy groups -OCH3 is 1. The lowest BCUT2D eigenvalue weighted by Gasteiger charge is -2.36. The summed E-state index contributed by atoms with van der Waals surface area (Å²) in [5.74, 6) is 1.29. The minimum atomic E-state index is -3.01. The van der Waals surface area contributed by atoms with Crippen molar-refractivity contribution < 1.29 is 17.9 Å². The lowest BCUT2D eigenvalue weighted by molar-refractivity contribution is -0.137. The lowest BCUT2D eigenvalue weighted by Crippen LogP contribution is -2.50. The molecule has 160 valence electrons. The standard InChI is InChI=1S/C22H32N2O4S/c1-28-21-10-6-17(7-11-21)14-23(18-8-9-18)15-22(25)24(19-4-2-3-5-19)20-12-13-29(26,27)16-20/h6-7,10-11,18-20H,2-5,8-9,12-16H2,1H3. The van der Waals surface area contributed by atoms with Crippen molar-refractivity contribution in [3.63, 3.8) is 0 Å². The van der Waals surface area contributed by atoms with E-state index in [0.29, 0.717) is 19.0 Å². The van der Waals surface area contributed by atoms with Crippen LogP contribution in [0.5, 0.6) is 5.75 Å². The monoisotopic (exact) mass is 420 g/mol. The number of rotatable bonds is 8. The van der Waals surface area contributed by atoms with Crippen LogP contribution in [0.2, 0.25) is 0 Å². The summed E-state index contributed by atoms with van der Waals surface area (Å²) in [6, 6.07) is 8.54. The lowest BCUT2D eigenvalue weighted by atomic mass is 10.1. The minimum Gasteiger partial charge on any atom is -0.497 e. The Balaban J connectivity index is 1.46. The highest BCUT2D eigenvalue weighted by Crippen LogP contribution is 2.32. The van der Waals surface area contributed by atoms with E-state index in [4.69, 9.17) is 4.74 Å². The molecule has 0 N–H and O–H groups in total. The molecule has 1 aromatic rings. The Morgan fingerprint density at radius 1 is 1.00 bits per heavy atom. The van der Waals surface area contributed by atoms with Crippen LogP contribution in [-0.4, -0.2) is 67.4 Å². The fourth-order valence-electron chi connectivity index (χ4n) is 4.86. The average molecular weight is 421 g/mol. The van der Waals surface area contributed by atoms with Crippen LogP contribution < -0.4 is 4.74 Å². The Bertz CT molecular complexity index is 814. The Labute approximate surface area is 174 Å². The maximum absolute atomic E-state index is 13.4. The van der Waals surface area contributed by atoms with E-state index >= 15 is 0 Å². The van der Waals surface area contributed by atoms with Crippen LogP contribution in [0.25, 0.3) is 0 Å². The summed E-state index contributed by atoms with van der Waals surface area (Å²) < 4.78 is 29.4. The smallest absolute Gasteiger partial charge is 0.237 e. The zero-order chi connectivity index (χ0) is 20.4. The third-order valence-corrected chi connectivity index (χ3v) is 8.30. The summed E-state index contributed by atoms with van der Waals surface area (Å²) in [7, 11) is -1.35. The minimum absolute atomic E-state index is 0.111. The van der Waals surface area contributed by atoms with Crippen LogP contribution in [-0.2, 0) is 21.2 Å². The molecule has 1 saturated heterocycles. The molecular weight excluding hydrogens is 388 g/mol. The van der Waals surface area contributed by atoms with Crippen LogP contribution in [0.1, 0.15) is 50.5 Å². The molecule has 1 atom stereocenters. The first kappa shape index (κ1) is 20.7. The van der Waals surface area contributed by atoms with E-state index in [9.17, 15) is 13.2 Å². The van der Waals surface area contributed by atoms with Crippen molar-refractivity contribution in [1.82, 2.24) is 9.80 Å². The third-order valence-electron chi connectivity index (χ3n) is 6.55. The van der Waals surface area contributed by atoms with Crippen LogP contribution in [0.4, 0.5) is 0 Å². The van der Waals surface area contributed by atoms with Gasteiger partial charge in [-0.3, -0.25) is 9.69 Å². The fourth-order valence-corrected chi connectivity index (χ4v) is 6.57. The molecule has 7 heteroatoms. The van der Waals surface area contributed by atoms with Crippen LogP contribution >= 0.6 is 0 Å². The van der Waals surface area contributed by atoms with Crippen molar-refractivity contribution in [3.05, 3.63) is 29.8 Å². The van der Waals surface area contributed by atoms with Gasteiger partial charge in [0.2, 0.25) is 5.91 Å². The topological polar surface area (TPSA) is 66.9 Å². The highest BCUT2D eigenvalue weighted by molar-refractivity contribution is 7.91. The number of hydrogen-bond acceptors (Lipinski definition) is 5. The van der Waals surface area contributed by atoms with Gasteiger partial charge in [0, 0.05) is 24.7 Å². The molecule has 4 rings (SSSR count). The first-order chi connectivity index (χ1) is 13.9. The molecule has 29 heavy (non-hydrogen) atoms.